The molecule has 0 spiro atoms. The number of methoxy groups -OCH3 is 1. The molecule has 0 unspecified atom stereocenters. The molecule has 0 saturated heterocycles. The molecule has 3 aromatic rings. The second-order valence-corrected chi connectivity index (χ2v) is 4.58. The van der Waals surface area contributed by atoms with Crippen LogP contribution in [0.4, 0.5) is 8.78 Å². The normalized spacial score (nSPS) is 10.9. The Hall–Kier alpha value is -2.61. The van der Waals surface area contributed by atoms with Gasteiger partial charge in [0, 0.05) is 6.07 Å². The Balaban J connectivity index is 2.26. The minimum absolute atomic E-state index is 0.0285. The zero-order valence-corrected chi connectivity index (χ0v) is 11.8. The number of ether oxygens (including phenoxy) is 1. The molecule has 112 valence electrons. The zero-order valence-electron chi connectivity index (χ0n) is 11.0. The van der Waals surface area contributed by atoms with Crippen LogP contribution in [0.3, 0.4) is 0 Å². The lowest BCUT2D eigenvalue weighted by molar-refractivity contribution is 0.0587. The van der Waals surface area contributed by atoms with Gasteiger partial charge in [0.05, 0.1) is 18.7 Å². The Morgan fingerprint density at radius 3 is 2.77 bits per heavy atom. The van der Waals surface area contributed by atoms with Gasteiger partial charge in [0.2, 0.25) is 5.82 Å². The number of rotatable bonds is 2. The lowest BCUT2D eigenvalue weighted by Crippen LogP contribution is -2.09. The number of benzene rings is 1. The number of carbonyl (C=O) groups excluding carboxylic acids is 1. The van der Waals surface area contributed by atoms with E-state index in [4.69, 9.17) is 11.6 Å². The fourth-order valence-corrected chi connectivity index (χ4v) is 2.10. The molecular weight excluding hydrogens is 318 g/mol. The van der Waals surface area contributed by atoms with Crippen LogP contribution in [0.2, 0.25) is 5.15 Å². The van der Waals surface area contributed by atoms with Crippen LogP contribution >= 0.6 is 11.6 Å². The average Bonchev–Trinajstić information content (AvgIpc) is 2.90. The maximum atomic E-state index is 13.9. The first-order valence-corrected chi connectivity index (χ1v) is 6.34. The molecule has 0 atom stereocenters. The molecule has 0 aliphatic carbocycles. The standard InChI is InChI=1S/C13H7ClF2N4O2/c1-22-13(21)11-18-10(14)7-5-17-20(12(7)19-11)9-3-2-6(15)4-8(9)16/h2-5H,1H3. The van der Waals surface area contributed by atoms with Crippen LogP contribution in [0.15, 0.2) is 24.4 Å². The van der Waals surface area contributed by atoms with Gasteiger partial charge in [-0.1, -0.05) is 11.6 Å². The summed E-state index contributed by atoms with van der Waals surface area (Å²) in [6.45, 7) is 0. The lowest BCUT2D eigenvalue weighted by atomic mass is 10.3. The predicted molar refractivity (Wildman–Crippen MR) is 72.9 cm³/mol. The summed E-state index contributed by atoms with van der Waals surface area (Å²) in [4.78, 5) is 19.3. The Morgan fingerprint density at radius 2 is 2.09 bits per heavy atom. The van der Waals surface area contributed by atoms with Gasteiger partial charge in [0.1, 0.15) is 16.7 Å². The molecule has 2 heterocycles. The molecule has 22 heavy (non-hydrogen) atoms. The van der Waals surface area contributed by atoms with E-state index in [0.717, 1.165) is 10.7 Å². The van der Waals surface area contributed by atoms with Crippen LogP contribution in [-0.2, 0) is 4.74 Å². The molecule has 0 fully saturated rings. The van der Waals surface area contributed by atoms with Crippen LogP contribution in [-0.4, -0.2) is 32.8 Å². The summed E-state index contributed by atoms with van der Waals surface area (Å²) < 4.78 is 32.5. The average molecular weight is 325 g/mol. The van der Waals surface area contributed by atoms with Gasteiger partial charge in [-0.2, -0.15) is 5.10 Å². The van der Waals surface area contributed by atoms with Crippen molar-refractivity contribution in [1.82, 2.24) is 19.7 Å². The van der Waals surface area contributed by atoms with Crippen molar-refractivity contribution in [3.05, 3.63) is 47.0 Å². The van der Waals surface area contributed by atoms with Gasteiger partial charge in [0.25, 0.3) is 0 Å². The molecule has 0 radical (unpaired) electrons. The number of hydrogen-bond acceptors (Lipinski definition) is 5. The molecule has 9 heteroatoms. The van der Waals surface area contributed by atoms with Gasteiger partial charge >= 0.3 is 5.97 Å². The Bertz CT molecular complexity index is 897. The van der Waals surface area contributed by atoms with E-state index in [1.807, 2.05) is 0 Å². The van der Waals surface area contributed by atoms with Gasteiger partial charge in [-0.05, 0) is 12.1 Å². The summed E-state index contributed by atoms with van der Waals surface area (Å²) in [7, 11) is 1.17. The van der Waals surface area contributed by atoms with E-state index in [2.05, 4.69) is 19.8 Å². The van der Waals surface area contributed by atoms with Gasteiger partial charge in [-0.15, -0.1) is 0 Å². The van der Waals surface area contributed by atoms with E-state index in [1.54, 1.807) is 0 Å². The number of nitrogens with zero attached hydrogens (tertiary/aromatic N) is 4. The van der Waals surface area contributed by atoms with E-state index in [-0.39, 0.29) is 22.3 Å². The molecule has 0 bridgehead atoms. The highest BCUT2D eigenvalue weighted by atomic mass is 35.5. The third-order valence-electron chi connectivity index (χ3n) is 2.89. The molecular formula is C13H7ClF2N4O2. The van der Waals surface area contributed by atoms with Gasteiger partial charge < -0.3 is 4.74 Å². The second kappa shape index (κ2) is 5.30. The lowest BCUT2D eigenvalue weighted by Gasteiger charge is -2.05. The number of esters is 1. The summed E-state index contributed by atoms with van der Waals surface area (Å²) >= 11 is 5.96. The highest BCUT2D eigenvalue weighted by molar-refractivity contribution is 6.34. The molecule has 0 aliphatic heterocycles. The summed E-state index contributed by atoms with van der Waals surface area (Å²) in [6.07, 6.45) is 1.32. The van der Waals surface area contributed by atoms with Crippen molar-refractivity contribution in [2.75, 3.05) is 7.11 Å². The van der Waals surface area contributed by atoms with E-state index >= 15 is 0 Å². The number of carbonyl (C=O) groups is 1. The van der Waals surface area contributed by atoms with E-state index in [1.165, 1.54) is 19.4 Å². The summed E-state index contributed by atoms with van der Waals surface area (Å²) in [5, 5.41) is 4.25. The smallest absolute Gasteiger partial charge is 0.376 e. The topological polar surface area (TPSA) is 69.9 Å². The predicted octanol–water partition coefficient (Wildman–Crippen LogP) is 2.53. The van der Waals surface area contributed by atoms with E-state index in [9.17, 15) is 13.6 Å². The highest BCUT2D eigenvalue weighted by Crippen LogP contribution is 2.24. The van der Waals surface area contributed by atoms with Crippen LogP contribution < -0.4 is 0 Å². The summed E-state index contributed by atoms with van der Waals surface area (Å²) in [5.41, 5.74) is 0.0629. The number of hydrogen-bond donors (Lipinski definition) is 0. The maximum Gasteiger partial charge on any atom is 0.376 e. The molecule has 0 saturated carbocycles. The Kier molecular flexibility index (Phi) is 3.45. The van der Waals surface area contributed by atoms with E-state index < -0.39 is 17.6 Å². The molecule has 0 N–H and O–H groups in total. The summed E-state index contributed by atoms with van der Waals surface area (Å²) in [6, 6.07) is 2.99. The maximum absolute atomic E-state index is 13.9. The molecule has 0 amide bonds. The van der Waals surface area contributed by atoms with Crippen molar-refractivity contribution >= 4 is 28.6 Å². The number of halogens is 3. The minimum atomic E-state index is -0.834. The second-order valence-electron chi connectivity index (χ2n) is 4.22. The Labute approximate surface area is 127 Å². The Morgan fingerprint density at radius 1 is 1.32 bits per heavy atom. The van der Waals surface area contributed by atoms with Crippen LogP contribution in [0.25, 0.3) is 16.7 Å². The van der Waals surface area contributed by atoms with Crippen LogP contribution in [0.5, 0.6) is 0 Å². The number of aromatic nitrogens is 4. The third-order valence-corrected chi connectivity index (χ3v) is 3.18. The first-order chi connectivity index (χ1) is 10.5. The molecule has 1 aromatic carbocycles. The van der Waals surface area contributed by atoms with Crippen molar-refractivity contribution in [3.8, 4) is 5.69 Å². The first kappa shape index (κ1) is 14.3. The monoisotopic (exact) mass is 324 g/mol. The van der Waals surface area contributed by atoms with Crippen molar-refractivity contribution in [3.63, 3.8) is 0 Å². The van der Waals surface area contributed by atoms with Gasteiger partial charge in [-0.3, -0.25) is 0 Å². The van der Waals surface area contributed by atoms with Crippen LogP contribution in [0.1, 0.15) is 10.6 Å². The van der Waals surface area contributed by atoms with Crippen LogP contribution in [0, 0.1) is 11.6 Å². The third kappa shape index (κ3) is 2.27. The van der Waals surface area contributed by atoms with Crippen molar-refractivity contribution in [2.24, 2.45) is 0 Å². The van der Waals surface area contributed by atoms with Gasteiger partial charge in [0.15, 0.2) is 11.5 Å². The highest BCUT2D eigenvalue weighted by Gasteiger charge is 2.18. The number of fused-ring (bicyclic) bond motifs is 1. The van der Waals surface area contributed by atoms with Crippen molar-refractivity contribution in [1.29, 1.82) is 0 Å². The van der Waals surface area contributed by atoms with Gasteiger partial charge in [-0.25, -0.2) is 28.2 Å². The quantitative estimate of drug-likeness (QED) is 0.535. The molecule has 6 nitrogen and oxygen atoms in total. The fourth-order valence-electron chi connectivity index (χ4n) is 1.89. The minimum Gasteiger partial charge on any atom is -0.463 e. The summed E-state index contributed by atoms with van der Waals surface area (Å²) in [5.74, 6) is -2.64. The van der Waals surface area contributed by atoms with Crippen molar-refractivity contribution in [2.45, 2.75) is 0 Å². The van der Waals surface area contributed by atoms with E-state index in [0.29, 0.717) is 11.5 Å². The zero-order chi connectivity index (χ0) is 15.9. The fraction of sp³-hybridized carbons (Fsp3) is 0.0769. The molecule has 2 aromatic heterocycles. The SMILES string of the molecule is COC(=O)c1nc(Cl)c2cnn(-c3ccc(F)cc3F)c2n1. The molecule has 0 aliphatic rings. The largest absolute Gasteiger partial charge is 0.463 e. The molecule has 3 rings (SSSR count). The van der Waals surface area contributed by atoms with Crippen molar-refractivity contribution < 1.29 is 18.3 Å². The first-order valence-electron chi connectivity index (χ1n) is 5.96.